The Morgan fingerprint density at radius 1 is 0.847 bits per heavy atom. The van der Waals surface area contributed by atoms with Crippen LogP contribution in [-0.2, 0) is 17.1 Å². The Morgan fingerprint density at radius 2 is 1.53 bits per heavy atom. The van der Waals surface area contributed by atoms with Crippen LogP contribution in [0.5, 0.6) is 5.75 Å². The zero-order chi connectivity index (χ0) is 52.9. The number of aromatic amines is 1. The van der Waals surface area contributed by atoms with Crippen LogP contribution in [0.15, 0.2) is 129 Å². The fourth-order valence-corrected chi connectivity index (χ4v) is 7.65. The number of aliphatic hydroxyl groups excluding tert-OH is 2. The number of aromatic nitrogens is 6. The van der Waals surface area contributed by atoms with Gasteiger partial charge in [-0.3, -0.25) is 14.6 Å². The highest BCUT2D eigenvalue weighted by Crippen LogP contribution is 2.38. The standard InChI is InChI=1S/C25H22N4O4.C21H23N7O2S.2C2H7NO/c1-14-10-11-19(12-15(14)2)29-24(31)22(16(3)28-29)27-26-21-9-5-8-20(23(21)30)17-6-4-7-18(13-17)25(32)33;1-13-5-6-15(11-19(13)31(22,29)30)24-21-23-10-9-20(25-21)27(3)16-7-8-17-14(2)28(4)26-18(17)12-16;2*3-1-2-4/h4-13,28,30H,1-3H3,(H,32,33);5-12H,1-4H3,(H2,22,29,30)(H,23,24,25);2*4H,1-3H2. The topological polar surface area (TPSA) is 332 Å². The molecule has 0 aliphatic rings. The van der Waals surface area contributed by atoms with Gasteiger partial charge in [0.25, 0.3) is 5.56 Å². The average molecular weight is 1000 g/mol. The molecule has 3 aromatic heterocycles. The maximum absolute atomic E-state index is 12.9. The van der Waals surface area contributed by atoms with Crippen molar-refractivity contribution in [2.24, 2.45) is 33.9 Å². The van der Waals surface area contributed by atoms with Crippen LogP contribution in [0, 0.1) is 34.6 Å². The van der Waals surface area contributed by atoms with E-state index in [9.17, 15) is 28.2 Å². The van der Waals surface area contributed by atoms with Gasteiger partial charge in [0, 0.05) is 61.4 Å². The average Bonchev–Trinajstić information content (AvgIpc) is 3.82. The zero-order valence-electron chi connectivity index (χ0n) is 40.9. The van der Waals surface area contributed by atoms with Gasteiger partial charge < -0.3 is 42.1 Å². The molecular formula is C50H59N13O8S. The second kappa shape index (κ2) is 24.6. The number of sulfonamides is 1. The number of fused-ring (bicyclic) bond motifs is 1. The number of para-hydroxylation sites is 1. The molecule has 0 amide bonds. The predicted molar refractivity (Wildman–Crippen MR) is 279 cm³/mol. The fraction of sp³-hybridized carbons (Fsp3) is 0.220. The molecule has 378 valence electrons. The number of nitrogens with one attached hydrogen (secondary N) is 2. The van der Waals surface area contributed by atoms with E-state index >= 15 is 0 Å². The first kappa shape index (κ1) is 54.8. The van der Waals surface area contributed by atoms with E-state index in [1.165, 1.54) is 22.9 Å². The van der Waals surface area contributed by atoms with Gasteiger partial charge in [0.1, 0.15) is 11.5 Å². The van der Waals surface area contributed by atoms with Crippen molar-refractivity contribution in [3.63, 3.8) is 0 Å². The monoisotopic (exact) mass is 1000 g/mol. The van der Waals surface area contributed by atoms with Crippen LogP contribution in [0.1, 0.15) is 38.4 Å². The van der Waals surface area contributed by atoms with E-state index in [0.717, 1.165) is 33.4 Å². The van der Waals surface area contributed by atoms with Crippen LogP contribution in [0.25, 0.3) is 27.7 Å². The summed E-state index contributed by atoms with van der Waals surface area (Å²) in [5.41, 5.74) is 18.0. The van der Waals surface area contributed by atoms with E-state index in [0.29, 0.717) is 58.6 Å². The SMILES string of the molecule is Cc1ccc(-n2[nH]c(C)c(N=Nc3cccc(-c4cccc(C(=O)O)c4)c3O)c2=O)cc1C.Cc1ccc(Nc2nccc(N(C)c3ccc4c(C)n(C)nc4c3)n2)cc1S(N)(=O)=O.NCCO.NCCO. The zero-order valence-corrected chi connectivity index (χ0v) is 41.7. The van der Waals surface area contributed by atoms with Crippen LogP contribution in [-0.4, -0.2) is 97.7 Å². The summed E-state index contributed by atoms with van der Waals surface area (Å²) in [6, 6.07) is 29.6. The van der Waals surface area contributed by atoms with Crippen LogP contribution in [0.2, 0.25) is 0 Å². The molecule has 0 aliphatic carbocycles. The molecule has 0 bridgehead atoms. The molecule has 72 heavy (non-hydrogen) atoms. The summed E-state index contributed by atoms with van der Waals surface area (Å²) < 4.78 is 26.8. The molecule has 21 nitrogen and oxygen atoms in total. The highest BCUT2D eigenvalue weighted by molar-refractivity contribution is 7.89. The Morgan fingerprint density at radius 3 is 2.18 bits per heavy atom. The molecule has 0 atom stereocenters. The van der Waals surface area contributed by atoms with Crippen molar-refractivity contribution in [3.8, 4) is 22.6 Å². The van der Waals surface area contributed by atoms with E-state index < -0.39 is 16.0 Å². The molecule has 8 rings (SSSR count). The van der Waals surface area contributed by atoms with Gasteiger partial charge in [0.05, 0.1) is 40.6 Å². The van der Waals surface area contributed by atoms with Crippen molar-refractivity contribution < 1.29 is 33.6 Å². The number of phenols is 1. The molecule has 0 fully saturated rings. The normalized spacial score (nSPS) is 11.0. The van der Waals surface area contributed by atoms with Gasteiger partial charge in [0.15, 0.2) is 11.4 Å². The summed E-state index contributed by atoms with van der Waals surface area (Å²) in [5, 5.41) is 60.7. The number of aryl methyl sites for hydroxylation is 6. The first-order valence-corrected chi connectivity index (χ1v) is 23.8. The molecule has 0 unspecified atom stereocenters. The number of hydrogen-bond donors (Lipinski definition) is 9. The molecule has 8 aromatic rings. The van der Waals surface area contributed by atoms with Crippen molar-refractivity contribution >= 4 is 61.4 Å². The lowest BCUT2D eigenvalue weighted by atomic mass is 10.0. The van der Waals surface area contributed by atoms with Crippen LogP contribution in [0.4, 0.5) is 34.5 Å². The van der Waals surface area contributed by atoms with Crippen molar-refractivity contribution in [1.82, 2.24) is 29.5 Å². The summed E-state index contributed by atoms with van der Waals surface area (Å²) in [4.78, 5) is 35.0. The van der Waals surface area contributed by atoms with Crippen molar-refractivity contribution in [2.75, 3.05) is 43.6 Å². The summed E-state index contributed by atoms with van der Waals surface area (Å²) in [6.07, 6.45) is 1.64. The number of H-pyrrole nitrogens is 1. The van der Waals surface area contributed by atoms with Gasteiger partial charge in [-0.2, -0.15) is 10.1 Å². The number of carboxylic acids is 1. The predicted octanol–water partition coefficient (Wildman–Crippen LogP) is 6.59. The lowest BCUT2D eigenvalue weighted by Crippen LogP contribution is -2.14. The van der Waals surface area contributed by atoms with Gasteiger partial charge in [0.2, 0.25) is 16.0 Å². The van der Waals surface area contributed by atoms with Crippen LogP contribution in [0.3, 0.4) is 0 Å². The third kappa shape index (κ3) is 13.6. The molecule has 0 saturated carbocycles. The molecular weight excluding hydrogens is 943 g/mol. The van der Waals surface area contributed by atoms with Crippen molar-refractivity contribution in [1.29, 1.82) is 0 Å². The second-order valence-electron chi connectivity index (χ2n) is 16.1. The number of nitrogens with two attached hydrogens (primary N) is 3. The Balaban J connectivity index is 0.000000233. The Hall–Kier alpha value is -8.12. The largest absolute Gasteiger partial charge is 0.505 e. The van der Waals surface area contributed by atoms with Gasteiger partial charge in [-0.05, 0) is 124 Å². The summed E-state index contributed by atoms with van der Waals surface area (Å²) in [7, 11) is 0.0129. The van der Waals surface area contributed by atoms with E-state index in [2.05, 4.69) is 35.7 Å². The molecule has 3 heterocycles. The Kier molecular flexibility index (Phi) is 18.7. The first-order valence-electron chi connectivity index (χ1n) is 22.2. The van der Waals surface area contributed by atoms with E-state index in [1.54, 1.807) is 68.6 Å². The number of benzene rings is 5. The third-order valence-corrected chi connectivity index (χ3v) is 12.0. The number of carboxylic acid groups (broad SMARTS) is 1. The number of carbonyl (C=O) groups is 1. The minimum atomic E-state index is -3.82. The molecule has 12 N–H and O–H groups in total. The minimum absolute atomic E-state index is 0.0599. The Labute approximate surface area is 416 Å². The lowest BCUT2D eigenvalue weighted by Gasteiger charge is -2.19. The quantitative estimate of drug-likeness (QED) is 0.0583. The maximum Gasteiger partial charge on any atom is 0.335 e. The number of azo groups is 1. The van der Waals surface area contributed by atoms with Crippen LogP contribution >= 0.6 is 0 Å². The number of aromatic carboxylic acids is 1. The number of aliphatic hydroxyl groups is 2. The third-order valence-electron chi connectivity index (χ3n) is 11.0. The molecule has 0 aliphatic heterocycles. The summed E-state index contributed by atoms with van der Waals surface area (Å²) in [5.74, 6) is -0.215. The number of aromatic hydroxyl groups is 1. The van der Waals surface area contributed by atoms with Gasteiger partial charge in [-0.25, -0.2) is 28.0 Å². The van der Waals surface area contributed by atoms with E-state index in [-0.39, 0.29) is 46.4 Å². The molecule has 0 saturated heterocycles. The van der Waals surface area contributed by atoms with Gasteiger partial charge >= 0.3 is 5.97 Å². The second-order valence-corrected chi connectivity index (χ2v) is 17.7. The molecule has 0 spiro atoms. The van der Waals surface area contributed by atoms with Gasteiger partial charge in [-0.1, -0.05) is 36.4 Å². The number of nitrogens with zero attached hydrogens (tertiary/aromatic N) is 8. The number of anilines is 4. The molecule has 22 heteroatoms. The molecule has 5 aromatic carbocycles. The summed E-state index contributed by atoms with van der Waals surface area (Å²) >= 11 is 0. The lowest BCUT2D eigenvalue weighted by molar-refractivity contribution is 0.0696. The smallest absolute Gasteiger partial charge is 0.335 e. The number of phenolic OH excluding ortho intramolecular Hbond substituents is 1. The number of primary sulfonamides is 1. The first-order chi connectivity index (χ1) is 34.2. The maximum atomic E-state index is 12.9. The van der Waals surface area contributed by atoms with E-state index in [1.807, 2.05) is 80.8 Å². The van der Waals surface area contributed by atoms with Crippen molar-refractivity contribution in [2.45, 2.75) is 39.5 Å². The fourth-order valence-electron chi connectivity index (χ4n) is 6.84. The highest BCUT2D eigenvalue weighted by atomic mass is 32.2. The number of rotatable bonds is 12. The Bertz CT molecular complexity index is 3380. The van der Waals surface area contributed by atoms with Crippen molar-refractivity contribution in [3.05, 3.63) is 153 Å². The van der Waals surface area contributed by atoms with E-state index in [4.69, 9.17) is 26.8 Å². The number of hydrogen-bond acceptors (Lipinski definition) is 16. The molecule has 0 radical (unpaired) electrons. The van der Waals surface area contributed by atoms with Crippen LogP contribution < -0.4 is 32.4 Å². The summed E-state index contributed by atoms with van der Waals surface area (Å²) in [6.45, 7) is 10.4. The van der Waals surface area contributed by atoms with Gasteiger partial charge in [-0.15, -0.1) is 10.2 Å². The highest BCUT2D eigenvalue weighted by Gasteiger charge is 2.17. The minimum Gasteiger partial charge on any atom is -0.505 e.